The maximum atomic E-state index is 13.8. The maximum absolute atomic E-state index is 13.8. The van der Waals surface area contributed by atoms with Gasteiger partial charge in [-0.2, -0.15) is 0 Å². The fourth-order valence-electron chi connectivity index (χ4n) is 1.82. The van der Waals surface area contributed by atoms with Crippen LogP contribution < -0.4 is 5.73 Å². The van der Waals surface area contributed by atoms with E-state index in [9.17, 15) is 23.5 Å². The molecule has 7 heteroatoms. The molecule has 1 aromatic carbocycles. The molecule has 4 N–H and O–H groups in total. The highest BCUT2D eigenvalue weighted by atomic mass is 19.2. The van der Waals surface area contributed by atoms with Crippen LogP contribution in [0.4, 0.5) is 14.5 Å². The highest BCUT2D eigenvalue weighted by Crippen LogP contribution is 2.36. The van der Waals surface area contributed by atoms with Crippen LogP contribution in [-0.4, -0.2) is 22.2 Å². The number of anilines is 1. The number of carboxylic acid groups (broad SMARTS) is 2. The molecule has 0 radical (unpaired) electrons. The van der Waals surface area contributed by atoms with Crippen LogP contribution in [0.5, 0.6) is 0 Å². The summed E-state index contributed by atoms with van der Waals surface area (Å²) in [6.07, 6.45) is -0.902. The van der Waals surface area contributed by atoms with E-state index in [1.54, 1.807) is 0 Å². The number of nitrogens with two attached hydrogens (primary N) is 1. The number of hydrogen-bond acceptors (Lipinski definition) is 3. The summed E-state index contributed by atoms with van der Waals surface area (Å²) < 4.78 is 27.0. The van der Waals surface area contributed by atoms with Crippen molar-refractivity contribution in [2.75, 3.05) is 5.73 Å². The third kappa shape index (κ3) is 2.81. The quantitative estimate of drug-likeness (QED) is 0.709. The molecule has 1 rings (SSSR count). The summed E-state index contributed by atoms with van der Waals surface area (Å²) in [6, 6.07) is 1.84. The van der Waals surface area contributed by atoms with Crippen molar-refractivity contribution in [3.63, 3.8) is 0 Å². The molecule has 1 atom stereocenters. The van der Waals surface area contributed by atoms with Crippen LogP contribution in [0.2, 0.25) is 0 Å². The van der Waals surface area contributed by atoms with Gasteiger partial charge in [-0.3, -0.25) is 9.59 Å². The number of rotatable bonds is 5. The number of hydrogen-bond donors (Lipinski definition) is 3. The fraction of sp³-hybridized carbons (Fsp3) is 0.333. The molecule has 0 saturated carbocycles. The Balaban J connectivity index is 3.38. The van der Waals surface area contributed by atoms with Gasteiger partial charge in [0.25, 0.3) is 0 Å². The van der Waals surface area contributed by atoms with Crippen LogP contribution in [0.15, 0.2) is 12.1 Å². The minimum absolute atomic E-state index is 0.228. The molecule has 0 amide bonds. The van der Waals surface area contributed by atoms with E-state index in [1.165, 1.54) is 0 Å². The molecule has 0 aromatic heterocycles. The van der Waals surface area contributed by atoms with Crippen molar-refractivity contribution >= 4 is 17.6 Å². The van der Waals surface area contributed by atoms with E-state index in [0.717, 1.165) is 19.1 Å². The number of nitrogen functional groups attached to an aromatic ring is 1. The van der Waals surface area contributed by atoms with Crippen LogP contribution in [-0.2, 0) is 15.0 Å². The average molecular weight is 273 g/mol. The van der Waals surface area contributed by atoms with Gasteiger partial charge < -0.3 is 15.9 Å². The van der Waals surface area contributed by atoms with E-state index in [2.05, 4.69) is 0 Å². The van der Waals surface area contributed by atoms with Crippen molar-refractivity contribution in [3.8, 4) is 0 Å². The number of halogens is 2. The molecule has 1 aromatic rings. The summed E-state index contributed by atoms with van der Waals surface area (Å²) >= 11 is 0. The lowest BCUT2D eigenvalue weighted by Crippen LogP contribution is -2.35. The van der Waals surface area contributed by atoms with Crippen LogP contribution in [0.3, 0.4) is 0 Å². The van der Waals surface area contributed by atoms with Gasteiger partial charge >= 0.3 is 11.9 Å². The van der Waals surface area contributed by atoms with Crippen molar-refractivity contribution in [2.24, 2.45) is 0 Å². The topological polar surface area (TPSA) is 101 Å². The van der Waals surface area contributed by atoms with Gasteiger partial charge in [0.1, 0.15) is 0 Å². The number of aliphatic carboxylic acids is 2. The molecule has 0 aliphatic heterocycles. The second kappa shape index (κ2) is 5.21. The Hall–Kier alpha value is -2.18. The first-order chi connectivity index (χ1) is 8.70. The second-order valence-electron chi connectivity index (χ2n) is 4.36. The molecule has 19 heavy (non-hydrogen) atoms. The molecule has 1 unspecified atom stereocenters. The molecular weight excluding hydrogens is 260 g/mol. The third-order valence-corrected chi connectivity index (χ3v) is 2.99. The Kier molecular flexibility index (Phi) is 4.08. The van der Waals surface area contributed by atoms with Crippen molar-refractivity contribution in [3.05, 3.63) is 29.3 Å². The van der Waals surface area contributed by atoms with Gasteiger partial charge in [0.15, 0.2) is 11.6 Å². The second-order valence-corrected chi connectivity index (χ2v) is 4.36. The zero-order valence-corrected chi connectivity index (χ0v) is 10.1. The summed E-state index contributed by atoms with van der Waals surface area (Å²) in [5.41, 5.74) is 2.84. The average Bonchev–Trinajstić information content (AvgIpc) is 2.31. The Labute approximate surface area is 107 Å². The molecule has 0 bridgehead atoms. The van der Waals surface area contributed by atoms with Gasteiger partial charge in [-0.05, 0) is 25.5 Å². The zero-order chi connectivity index (χ0) is 14.8. The van der Waals surface area contributed by atoms with E-state index in [4.69, 9.17) is 10.8 Å². The molecule has 0 aliphatic rings. The summed E-state index contributed by atoms with van der Waals surface area (Å²) in [7, 11) is 0. The van der Waals surface area contributed by atoms with E-state index in [1.807, 2.05) is 0 Å². The first-order valence-electron chi connectivity index (χ1n) is 5.39. The Morgan fingerprint density at radius 2 is 1.89 bits per heavy atom. The van der Waals surface area contributed by atoms with Gasteiger partial charge in [0, 0.05) is 17.7 Å². The molecule has 104 valence electrons. The molecule has 0 heterocycles. The van der Waals surface area contributed by atoms with E-state index >= 15 is 0 Å². The third-order valence-electron chi connectivity index (χ3n) is 2.99. The lowest BCUT2D eigenvalue weighted by Gasteiger charge is -2.26. The summed E-state index contributed by atoms with van der Waals surface area (Å²) in [5, 5.41) is 17.8. The van der Waals surface area contributed by atoms with Crippen LogP contribution >= 0.6 is 0 Å². The van der Waals surface area contributed by atoms with Gasteiger partial charge in [0.2, 0.25) is 0 Å². The number of carbonyl (C=O) groups is 2. The normalized spacial score (nSPS) is 13.8. The standard InChI is InChI=1S/C12H13F2NO4/c1-12(11(18)19,5-4-8(16)17)9-7(15)3-2-6(13)10(9)14/h2-3H,4-5,15H2,1H3,(H,16,17)(H,18,19). The first-order valence-corrected chi connectivity index (χ1v) is 5.39. The van der Waals surface area contributed by atoms with E-state index < -0.39 is 47.4 Å². The molecule has 0 saturated heterocycles. The van der Waals surface area contributed by atoms with Gasteiger partial charge in [-0.15, -0.1) is 0 Å². The smallest absolute Gasteiger partial charge is 0.314 e. The fourth-order valence-corrected chi connectivity index (χ4v) is 1.82. The predicted molar refractivity (Wildman–Crippen MR) is 62.6 cm³/mol. The van der Waals surface area contributed by atoms with Gasteiger partial charge in [-0.25, -0.2) is 8.78 Å². The minimum Gasteiger partial charge on any atom is -0.481 e. The first kappa shape index (κ1) is 14.9. The molecular formula is C12H13F2NO4. The molecule has 0 aliphatic carbocycles. The Morgan fingerprint density at radius 3 is 2.37 bits per heavy atom. The Bertz CT molecular complexity index is 533. The summed E-state index contributed by atoms with van der Waals surface area (Å²) in [6.45, 7) is 1.12. The highest BCUT2D eigenvalue weighted by molar-refractivity contribution is 5.84. The molecule has 5 nitrogen and oxygen atoms in total. The van der Waals surface area contributed by atoms with Crippen LogP contribution in [0.25, 0.3) is 0 Å². The predicted octanol–water partition coefficient (Wildman–Crippen LogP) is 1.75. The maximum Gasteiger partial charge on any atom is 0.314 e. The van der Waals surface area contributed by atoms with Gasteiger partial charge in [0.05, 0.1) is 5.41 Å². The van der Waals surface area contributed by atoms with Crippen molar-refractivity contribution in [2.45, 2.75) is 25.2 Å². The highest BCUT2D eigenvalue weighted by Gasteiger charge is 2.40. The minimum atomic E-state index is -1.91. The van der Waals surface area contributed by atoms with Crippen molar-refractivity contribution in [1.82, 2.24) is 0 Å². The number of benzene rings is 1. The van der Waals surface area contributed by atoms with E-state index in [0.29, 0.717) is 0 Å². The summed E-state index contributed by atoms with van der Waals surface area (Å²) in [5.74, 6) is -5.30. The molecule has 0 fully saturated rings. The largest absolute Gasteiger partial charge is 0.481 e. The van der Waals surface area contributed by atoms with Gasteiger partial charge in [-0.1, -0.05) is 0 Å². The zero-order valence-electron chi connectivity index (χ0n) is 10.1. The van der Waals surface area contributed by atoms with Crippen molar-refractivity contribution < 1.29 is 28.6 Å². The monoisotopic (exact) mass is 273 g/mol. The lowest BCUT2D eigenvalue weighted by atomic mass is 9.77. The molecule has 0 spiro atoms. The van der Waals surface area contributed by atoms with Crippen molar-refractivity contribution in [1.29, 1.82) is 0 Å². The van der Waals surface area contributed by atoms with E-state index in [-0.39, 0.29) is 5.69 Å². The lowest BCUT2D eigenvalue weighted by molar-refractivity contribution is -0.144. The van der Waals surface area contributed by atoms with Crippen LogP contribution in [0, 0.1) is 11.6 Å². The number of carboxylic acids is 2. The SMILES string of the molecule is CC(CCC(=O)O)(C(=O)O)c1c(N)ccc(F)c1F. The summed E-state index contributed by atoms with van der Waals surface area (Å²) in [4.78, 5) is 21.9. The Morgan fingerprint density at radius 1 is 1.32 bits per heavy atom. The van der Waals surface area contributed by atoms with Crippen LogP contribution in [0.1, 0.15) is 25.3 Å².